The Morgan fingerprint density at radius 2 is 1.72 bits per heavy atom. The number of halogens is 2. The second-order valence-corrected chi connectivity index (χ2v) is 4.02. The molecular weight excluding hydrogens is 234 g/mol. The van der Waals surface area contributed by atoms with Gasteiger partial charge >= 0.3 is 0 Å². The molecule has 0 saturated heterocycles. The van der Waals surface area contributed by atoms with Crippen LogP contribution in [-0.2, 0) is 6.42 Å². The van der Waals surface area contributed by atoms with Crippen molar-refractivity contribution in [1.29, 1.82) is 0 Å². The maximum absolute atomic E-state index is 14.0. The molecule has 2 rings (SSSR count). The van der Waals surface area contributed by atoms with E-state index in [-0.39, 0.29) is 6.54 Å². The second kappa shape index (κ2) is 5.14. The molecule has 2 aromatic rings. The summed E-state index contributed by atoms with van der Waals surface area (Å²) in [5.41, 5.74) is 12.0. The standard InChI is InChI=1S/C14H14F2N2/c15-12-8-11(9-4-2-1-3-5-9)10(6-7-17)13(16)14(12)18/h1-5,8H,6-7,17-18H2. The van der Waals surface area contributed by atoms with E-state index >= 15 is 0 Å². The van der Waals surface area contributed by atoms with Crippen molar-refractivity contribution < 1.29 is 8.78 Å². The van der Waals surface area contributed by atoms with Crippen molar-refractivity contribution in [3.8, 4) is 11.1 Å². The van der Waals surface area contributed by atoms with Crippen LogP contribution >= 0.6 is 0 Å². The van der Waals surface area contributed by atoms with Crippen molar-refractivity contribution in [2.24, 2.45) is 5.73 Å². The molecule has 0 aliphatic heterocycles. The van der Waals surface area contributed by atoms with Crippen LogP contribution in [-0.4, -0.2) is 6.54 Å². The first-order valence-corrected chi connectivity index (χ1v) is 5.67. The second-order valence-electron chi connectivity index (χ2n) is 4.02. The van der Waals surface area contributed by atoms with E-state index in [1.54, 1.807) is 12.1 Å². The summed E-state index contributed by atoms with van der Waals surface area (Å²) in [7, 11) is 0. The summed E-state index contributed by atoms with van der Waals surface area (Å²) >= 11 is 0. The molecule has 0 aromatic heterocycles. The Morgan fingerprint density at radius 1 is 1.06 bits per heavy atom. The first-order chi connectivity index (χ1) is 8.65. The van der Waals surface area contributed by atoms with Gasteiger partial charge in [0.15, 0.2) is 5.82 Å². The number of hydrogen-bond donors (Lipinski definition) is 2. The highest BCUT2D eigenvalue weighted by Gasteiger charge is 2.16. The number of benzene rings is 2. The zero-order valence-corrected chi connectivity index (χ0v) is 9.79. The van der Waals surface area contributed by atoms with E-state index in [1.807, 2.05) is 18.2 Å². The van der Waals surface area contributed by atoms with Gasteiger partial charge in [-0.2, -0.15) is 0 Å². The van der Waals surface area contributed by atoms with Gasteiger partial charge in [-0.25, -0.2) is 8.78 Å². The average molecular weight is 248 g/mol. The molecule has 4 heteroatoms. The lowest BCUT2D eigenvalue weighted by molar-refractivity contribution is 0.581. The quantitative estimate of drug-likeness (QED) is 0.820. The highest BCUT2D eigenvalue weighted by atomic mass is 19.1. The smallest absolute Gasteiger partial charge is 0.152 e. The van der Waals surface area contributed by atoms with Gasteiger partial charge in [-0.1, -0.05) is 30.3 Å². The molecule has 0 amide bonds. The first kappa shape index (κ1) is 12.5. The predicted molar refractivity (Wildman–Crippen MR) is 69.0 cm³/mol. The third kappa shape index (κ3) is 2.19. The van der Waals surface area contributed by atoms with Crippen LogP contribution in [0, 0.1) is 11.6 Å². The van der Waals surface area contributed by atoms with Gasteiger partial charge in [-0.15, -0.1) is 0 Å². The van der Waals surface area contributed by atoms with E-state index in [0.29, 0.717) is 17.5 Å². The van der Waals surface area contributed by atoms with Gasteiger partial charge in [-0.05, 0) is 35.7 Å². The number of hydrogen-bond acceptors (Lipinski definition) is 2. The molecule has 2 aromatic carbocycles. The van der Waals surface area contributed by atoms with Crippen molar-refractivity contribution in [2.75, 3.05) is 12.3 Å². The fourth-order valence-corrected chi connectivity index (χ4v) is 1.94. The molecule has 0 aliphatic rings. The molecule has 0 heterocycles. The van der Waals surface area contributed by atoms with Crippen LogP contribution in [0.2, 0.25) is 0 Å². The number of nitrogens with two attached hydrogens (primary N) is 2. The predicted octanol–water partition coefficient (Wildman–Crippen LogP) is 2.72. The minimum Gasteiger partial charge on any atom is -0.394 e. The molecule has 0 atom stereocenters. The van der Waals surface area contributed by atoms with E-state index in [1.165, 1.54) is 6.07 Å². The average Bonchev–Trinajstić information content (AvgIpc) is 2.40. The highest BCUT2D eigenvalue weighted by molar-refractivity contribution is 5.70. The summed E-state index contributed by atoms with van der Waals surface area (Å²) in [5, 5.41) is 0. The van der Waals surface area contributed by atoms with Crippen LogP contribution in [0.25, 0.3) is 11.1 Å². The van der Waals surface area contributed by atoms with E-state index in [4.69, 9.17) is 11.5 Å². The summed E-state index contributed by atoms with van der Waals surface area (Å²) < 4.78 is 27.5. The largest absolute Gasteiger partial charge is 0.394 e. The minimum absolute atomic E-state index is 0.280. The van der Waals surface area contributed by atoms with Crippen molar-refractivity contribution in [2.45, 2.75) is 6.42 Å². The van der Waals surface area contributed by atoms with Crippen molar-refractivity contribution in [3.63, 3.8) is 0 Å². The van der Waals surface area contributed by atoms with Gasteiger partial charge in [-0.3, -0.25) is 0 Å². The van der Waals surface area contributed by atoms with E-state index < -0.39 is 17.3 Å². The lowest BCUT2D eigenvalue weighted by Gasteiger charge is -2.12. The first-order valence-electron chi connectivity index (χ1n) is 5.67. The van der Waals surface area contributed by atoms with E-state index in [0.717, 1.165) is 5.56 Å². The monoisotopic (exact) mass is 248 g/mol. The topological polar surface area (TPSA) is 52.0 Å². The fourth-order valence-electron chi connectivity index (χ4n) is 1.94. The Labute approximate surface area is 104 Å². The maximum atomic E-state index is 14.0. The molecule has 0 aliphatic carbocycles. The van der Waals surface area contributed by atoms with Gasteiger partial charge in [0.25, 0.3) is 0 Å². The Hall–Kier alpha value is -1.94. The Bertz CT molecular complexity index is 553. The Kier molecular flexibility index (Phi) is 3.58. The summed E-state index contributed by atoms with van der Waals surface area (Å²) in [6, 6.07) is 10.3. The molecule has 0 fully saturated rings. The normalized spacial score (nSPS) is 10.6. The van der Waals surface area contributed by atoms with E-state index in [2.05, 4.69) is 0 Å². The number of anilines is 1. The third-order valence-corrected chi connectivity index (χ3v) is 2.83. The lowest BCUT2D eigenvalue weighted by atomic mass is 9.96. The van der Waals surface area contributed by atoms with Crippen LogP contribution in [0.5, 0.6) is 0 Å². The minimum atomic E-state index is -0.743. The summed E-state index contributed by atoms with van der Waals surface area (Å²) in [4.78, 5) is 0. The van der Waals surface area contributed by atoms with Gasteiger partial charge in [0.05, 0.1) is 0 Å². The van der Waals surface area contributed by atoms with Crippen LogP contribution in [0.4, 0.5) is 14.5 Å². The molecule has 0 bridgehead atoms. The van der Waals surface area contributed by atoms with Crippen molar-refractivity contribution in [1.82, 2.24) is 0 Å². The summed E-state index contributed by atoms with van der Waals surface area (Å²) in [5.74, 6) is -1.45. The fraction of sp³-hybridized carbons (Fsp3) is 0.143. The Morgan fingerprint density at radius 3 is 2.33 bits per heavy atom. The number of rotatable bonds is 3. The maximum Gasteiger partial charge on any atom is 0.152 e. The van der Waals surface area contributed by atoms with E-state index in [9.17, 15) is 8.78 Å². The Balaban J connectivity index is 2.66. The molecule has 18 heavy (non-hydrogen) atoms. The SMILES string of the molecule is NCCc1c(-c2ccccc2)cc(F)c(N)c1F. The molecule has 94 valence electrons. The van der Waals surface area contributed by atoms with Crippen LogP contribution < -0.4 is 11.5 Å². The van der Waals surface area contributed by atoms with Gasteiger partial charge in [0.2, 0.25) is 0 Å². The molecule has 0 radical (unpaired) electrons. The molecule has 0 spiro atoms. The molecular formula is C14H14F2N2. The van der Waals surface area contributed by atoms with Crippen LogP contribution in [0.3, 0.4) is 0 Å². The van der Waals surface area contributed by atoms with Gasteiger partial charge in [0, 0.05) is 0 Å². The molecule has 2 nitrogen and oxygen atoms in total. The summed E-state index contributed by atoms with van der Waals surface area (Å²) in [6.07, 6.45) is 0.320. The zero-order chi connectivity index (χ0) is 13.1. The third-order valence-electron chi connectivity index (χ3n) is 2.83. The number of nitrogen functional groups attached to an aromatic ring is 1. The van der Waals surface area contributed by atoms with Crippen LogP contribution in [0.1, 0.15) is 5.56 Å². The molecule has 4 N–H and O–H groups in total. The zero-order valence-electron chi connectivity index (χ0n) is 9.79. The lowest BCUT2D eigenvalue weighted by Crippen LogP contribution is -2.09. The molecule has 0 unspecified atom stereocenters. The van der Waals surface area contributed by atoms with Crippen LogP contribution in [0.15, 0.2) is 36.4 Å². The van der Waals surface area contributed by atoms with Crippen molar-refractivity contribution >= 4 is 5.69 Å². The van der Waals surface area contributed by atoms with Crippen molar-refractivity contribution in [3.05, 3.63) is 53.6 Å². The highest BCUT2D eigenvalue weighted by Crippen LogP contribution is 2.31. The molecule has 0 saturated carbocycles. The van der Waals surface area contributed by atoms with Gasteiger partial charge in [0.1, 0.15) is 11.5 Å². The van der Waals surface area contributed by atoms with Gasteiger partial charge < -0.3 is 11.5 Å². The summed E-state index contributed by atoms with van der Waals surface area (Å²) in [6.45, 7) is 0.280.